The molecular formula is C20H19FeN5O3S+2. The van der Waals surface area contributed by atoms with Crippen molar-refractivity contribution in [1.82, 2.24) is 20.3 Å². The van der Waals surface area contributed by atoms with Crippen LogP contribution in [0.3, 0.4) is 0 Å². The summed E-state index contributed by atoms with van der Waals surface area (Å²) in [5, 5.41) is 15.7. The molecule has 10 radical (unpaired) electrons. The number of amides is 1. The minimum absolute atomic E-state index is 0. The van der Waals surface area contributed by atoms with Crippen LogP contribution in [0.5, 0.6) is 0 Å². The van der Waals surface area contributed by atoms with Gasteiger partial charge in [0, 0.05) is 0 Å². The Morgan fingerprint density at radius 3 is 2.07 bits per heavy atom. The zero-order chi connectivity index (χ0) is 20.7. The van der Waals surface area contributed by atoms with E-state index in [0.29, 0.717) is 17.3 Å². The van der Waals surface area contributed by atoms with Crippen molar-refractivity contribution in [3.63, 3.8) is 0 Å². The van der Waals surface area contributed by atoms with Crippen molar-refractivity contribution >= 4 is 15.9 Å². The number of nitrogens with one attached hydrogen (secondary N) is 1. The Morgan fingerprint density at radius 1 is 0.967 bits per heavy atom. The number of aromatic nitrogens is 3. The maximum atomic E-state index is 11.9. The maximum absolute atomic E-state index is 11.9. The van der Waals surface area contributed by atoms with Gasteiger partial charge < -0.3 is 5.32 Å². The monoisotopic (exact) mass is 465 g/mol. The van der Waals surface area contributed by atoms with E-state index in [1.165, 1.54) is 16.8 Å². The molecule has 3 N–H and O–H groups in total. The summed E-state index contributed by atoms with van der Waals surface area (Å²) in [7, 11) is -3.73. The molecule has 8 nitrogen and oxygen atoms in total. The summed E-state index contributed by atoms with van der Waals surface area (Å²) in [6.45, 7) is 0.235. The Kier molecular flexibility index (Phi) is 9.48. The molecule has 2 saturated carbocycles. The number of sulfonamides is 1. The van der Waals surface area contributed by atoms with E-state index in [0.717, 1.165) is 0 Å². The quantitative estimate of drug-likeness (QED) is 0.638. The Bertz CT molecular complexity index is 897. The molecule has 1 aromatic heterocycles. The first-order chi connectivity index (χ1) is 13.9. The Labute approximate surface area is 188 Å². The molecule has 2 aliphatic rings. The number of nitrogens with two attached hydrogens (primary N) is 1. The molecule has 4 rings (SSSR count). The van der Waals surface area contributed by atoms with E-state index in [4.69, 9.17) is 5.14 Å². The van der Waals surface area contributed by atoms with Crippen LogP contribution in [0.1, 0.15) is 5.69 Å². The molecule has 0 aliphatic heterocycles. The minimum atomic E-state index is -3.73. The Balaban J connectivity index is 0.000000468. The average Bonchev–Trinajstić information content (AvgIpc) is 3.49. The third-order valence-corrected chi connectivity index (χ3v) is 4.81. The van der Waals surface area contributed by atoms with E-state index in [9.17, 15) is 13.2 Å². The molecule has 0 spiro atoms. The summed E-state index contributed by atoms with van der Waals surface area (Å²) in [5.74, 6) is 0.396. The second-order valence-corrected chi connectivity index (χ2v) is 7.57. The van der Waals surface area contributed by atoms with Gasteiger partial charge in [-0.1, -0.05) is 5.21 Å². The summed E-state index contributed by atoms with van der Waals surface area (Å²) in [4.78, 5) is 11.9. The van der Waals surface area contributed by atoms with Gasteiger partial charge in [-0.25, -0.2) is 18.2 Å². The van der Waals surface area contributed by atoms with Crippen LogP contribution in [-0.4, -0.2) is 29.3 Å². The smallest absolute Gasteiger partial charge is 0.350 e. The molecular weight excluding hydrogens is 446 g/mol. The summed E-state index contributed by atoms with van der Waals surface area (Å²) in [6, 6.07) is 5.92. The van der Waals surface area contributed by atoms with E-state index in [2.05, 4.69) is 15.6 Å². The van der Waals surface area contributed by atoms with Crippen molar-refractivity contribution in [3.8, 4) is 5.69 Å². The van der Waals surface area contributed by atoms with Crippen LogP contribution in [0.15, 0.2) is 35.4 Å². The Morgan fingerprint density at radius 2 is 1.53 bits per heavy atom. The number of benzene rings is 1. The maximum Gasteiger partial charge on any atom is 2.00 e. The average molecular weight is 465 g/mol. The second kappa shape index (κ2) is 11.6. The molecule has 1 aromatic carbocycles. The molecule has 2 aromatic rings. The third kappa shape index (κ3) is 7.19. The first-order valence-electron chi connectivity index (χ1n) is 8.64. The van der Waals surface area contributed by atoms with Crippen molar-refractivity contribution in [2.24, 2.45) is 5.14 Å². The number of primary sulfonamides is 1. The van der Waals surface area contributed by atoms with Crippen molar-refractivity contribution in [3.05, 3.63) is 99.9 Å². The van der Waals surface area contributed by atoms with Gasteiger partial charge in [0.25, 0.3) is 0 Å². The standard InChI is InChI=1S/C15H14N5O3S.C5H5.Fe/c16-24(22,23)14-7-5-13(6-8-14)20-10-12(18-19-20)9-17-15(21)11-3-1-2-4-11;1-2-4-5-3-1;/h1-8,10H,9H2,(H,17,21)(H2,16,22,23);1-5H;/q;;+2. The molecule has 10 heteroatoms. The van der Waals surface area contributed by atoms with Gasteiger partial charge in [0.15, 0.2) is 0 Å². The molecule has 1 heterocycles. The molecule has 2 aliphatic carbocycles. The van der Waals surface area contributed by atoms with E-state index in [1.54, 1.807) is 44.0 Å². The predicted molar refractivity (Wildman–Crippen MR) is 107 cm³/mol. The zero-order valence-corrected chi connectivity index (χ0v) is 17.6. The van der Waals surface area contributed by atoms with Gasteiger partial charge in [0.1, 0.15) is 5.69 Å². The van der Waals surface area contributed by atoms with Crippen LogP contribution < -0.4 is 10.5 Å². The number of rotatable bonds is 5. The van der Waals surface area contributed by atoms with E-state index in [1.807, 2.05) is 32.1 Å². The van der Waals surface area contributed by atoms with Gasteiger partial charge >= 0.3 is 17.1 Å². The fraction of sp³-hybridized carbons (Fsp3) is 0.0500. The van der Waals surface area contributed by atoms with Gasteiger partial charge in [-0.3, -0.25) is 4.79 Å². The van der Waals surface area contributed by atoms with Crippen LogP contribution in [0.25, 0.3) is 5.69 Å². The molecule has 0 saturated heterocycles. The van der Waals surface area contributed by atoms with Gasteiger partial charge in [0.05, 0.1) is 29.2 Å². The van der Waals surface area contributed by atoms with E-state index < -0.39 is 10.0 Å². The number of hydrogen-bond acceptors (Lipinski definition) is 5. The molecule has 0 atom stereocenters. The van der Waals surface area contributed by atoms with Crippen LogP contribution in [0.2, 0.25) is 0 Å². The van der Waals surface area contributed by atoms with Crippen LogP contribution in [0, 0.1) is 63.7 Å². The number of carbonyl (C=O) groups is 1. The molecule has 1 amide bonds. The van der Waals surface area contributed by atoms with Crippen molar-refractivity contribution in [2.45, 2.75) is 11.4 Å². The first kappa shape index (κ1) is 24.5. The number of nitrogens with zero attached hydrogens (tertiary/aromatic N) is 3. The summed E-state index contributed by atoms with van der Waals surface area (Å²) in [6.07, 6.45) is 18.7. The number of carbonyl (C=O) groups excluding carboxylic acids is 1. The van der Waals surface area contributed by atoms with Gasteiger partial charge in [0.2, 0.25) is 15.9 Å². The second-order valence-electron chi connectivity index (χ2n) is 6.01. The van der Waals surface area contributed by atoms with Crippen LogP contribution in [-0.2, 0) is 38.4 Å². The molecule has 0 bridgehead atoms. The molecule has 2 fully saturated rings. The Hall–Kier alpha value is -1.74. The fourth-order valence-corrected chi connectivity index (χ4v) is 2.93. The normalized spacial score (nSPS) is 16.4. The van der Waals surface area contributed by atoms with Gasteiger partial charge in [-0.05, 0) is 82.1 Å². The molecule has 0 unspecified atom stereocenters. The van der Waals surface area contributed by atoms with Gasteiger partial charge in [-0.15, -0.1) is 5.10 Å². The summed E-state index contributed by atoms with van der Waals surface area (Å²) >= 11 is 0. The largest absolute Gasteiger partial charge is 2.00 e. The predicted octanol–water partition coefficient (Wildman–Crippen LogP) is 0.955. The van der Waals surface area contributed by atoms with Crippen molar-refractivity contribution in [1.29, 1.82) is 0 Å². The summed E-state index contributed by atoms with van der Waals surface area (Å²) in [5.41, 5.74) is 1.20. The van der Waals surface area contributed by atoms with Crippen LogP contribution >= 0.6 is 0 Å². The number of hydrogen-bond donors (Lipinski definition) is 2. The topological polar surface area (TPSA) is 120 Å². The zero-order valence-electron chi connectivity index (χ0n) is 15.7. The minimum Gasteiger partial charge on any atom is -0.350 e. The fourth-order valence-electron chi connectivity index (χ4n) is 2.41. The van der Waals surface area contributed by atoms with E-state index in [-0.39, 0.29) is 34.4 Å². The summed E-state index contributed by atoms with van der Waals surface area (Å²) < 4.78 is 24.0. The molecule has 30 heavy (non-hydrogen) atoms. The third-order valence-electron chi connectivity index (χ3n) is 3.88. The van der Waals surface area contributed by atoms with Crippen molar-refractivity contribution < 1.29 is 30.3 Å². The first-order valence-corrected chi connectivity index (χ1v) is 10.2. The van der Waals surface area contributed by atoms with Gasteiger partial charge in [-0.2, -0.15) is 0 Å². The molecule has 154 valence electrons. The van der Waals surface area contributed by atoms with Crippen LogP contribution in [0.4, 0.5) is 0 Å². The SMILES string of the molecule is NS(=O)(=O)c1ccc(-n2cc(CNC(=O)[C]3[CH][CH][CH][CH]3)nn2)cc1.[CH]1[CH][CH][CH][CH]1.[Fe+2]. The van der Waals surface area contributed by atoms with E-state index >= 15 is 0 Å². The van der Waals surface area contributed by atoms with Crippen molar-refractivity contribution in [2.75, 3.05) is 0 Å².